The van der Waals surface area contributed by atoms with Crippen molar-refractivity contribution in [2.75, 3.05) is 0 Å². The number of hydrogen-bond donors (Lipinski definition) is 1. The van der Waals surface area contributed by atoms with Crippen LogP contribution < -0.4 is 0 Å². The first kappa shape index (κ1) is 8.72. The molecular formula is C9H12O4. The molecule has 0 spiro atoms. The van der Waals surface area contributed by atoms with Gasteiger partial charge >= 0.3 is 5.97 Å². The predicted octanol–water partition coefficient (Wildman–Crippen LogP) is 0.211. The van der Waals surface area contributed by atoms with Crippen molar-refractivity contribution in [3.05, 3.63) is 12.2 Å². The Morgan fingerprint density at radius 2 is 2.31 bits per heavy atom. The van der Waals surface area contributed by atoms with Gasteiger partial charge in [-0.2, -0.15) is 0 Å². The quantitative estimate of drug-likeness (QED) is 0.467. The topological polar surface area (TPSA) is 55.8 Å². The van der Waals surface area contributed by atoms with Crippen LogP contribution in [0.2, 0.25) is 0 Å². The van der Waals surface area contributed by atoms with Crippen LogP contribution in [0, 0.1) is 5.92 Å². The molecule has 4 nitrogen and oxygen atoms in total. The molecule has 0 aromatic carbocycles. The summed E-state index contributed by atoms with van der Waals surface area (Å²) in [6, 6.07) is 0. The zero-order valence-corrected chi connectivity index (χ0v) is 7.40. The summed E-state index contributed by atoms with van der Waals surface area (Å²) < 4.78 is 10.1. The number of carbonyl (C=O) groups excluding carboxylic acids is 1. The number of aliphatic hydroxyl groups is 1. The third kappa shape index (κ3) is 1.09. The van der Waals surface area contributed by atoms with E-state index in [1.54, 1.807) is 0 Å². The molecule has 0 amide bonds. The molecule has 13 heavy (non-hydrogen) atoms. The fourth-order valence-electron chi connectivity index (χ4n) is 1.97. The molecule has 0 radical (unpaired) electrons. The Morgan fingerprint density at radius 3 is 2.92 bits per heavy atom. The molecule has 0 aromatic rings. The monoisotopic (exact) mass is 184 g/mol. The SMILES string of the molecule is C=C1C(=O)O[C@H]2C(O)O[C@H](CC)[C@@H]12. The number of esters is 1. The van der Waals surface area contributed by atoms with Gasteiger partial charge in [0.2, 0.25) is 0 Å². The lowest BCUT2D eigenvalue weighted by atomic mass is 9.92. The number of hydrogen-bond acceptors (Lipinski definition) is 4. The molecular weight excluding hydrogens is 172 g/mol. The summed E-state index contributed by atoms with van der Waals surface area (Å²) in [4.78, 5) is 11.1. The van der Waals surface area contributed by atoms with Crippen LogP contribution in [-0.2, 0) is 14.3 Å². The minimum atomic E-state index is -0.988. The fraction of sp³-hybridized carbons (Fsp3) is 0.667. The zero-order valence-electron chi connectivity index (χ0n) is 7.40. The molecule has 2 saturated heterocycles. The van der Waals surface area contributed by atoms with E-state index in [1.165, 1.54) is 0 Å². The molecule has 2 rings (SSSR count). The van der Waals surface area contributed by atoms with E-state index in [1.807, 2.05) is 6.92 Å². The first-order chi connectivity index (χ1) is 6.15. The second kappa shape index (κ2) is 2.82. The van der Waals surface area contributed by atoms with Crippen molar-refractivity contribution in [3.63, 3.8) is 0 Å². The summed E-state index contributed by atoms with van der Waals surface area (Å²) in [6.07, 6.45) is -0.921. The van der Waals surface area contributed by atoms with Gasteiger partial charge in [-0.15, -0.1) is 0 Å². The number of aliphatic hydroxyl groups excluding tert-OH is 1. The molecule has 0 bridgehead atoms. The highest BCUT2D eigenvalue weighted by Crippen LogP contribution is 2.40. The Bertz CT molecular complexity index is 260. The fourth-order valence-corrected chi connectivity index (χ4v) is 1.97. The predicted molar refractivity (Wildman–Crippen MR) is 43.7 cm³/mol. The third-order valence-electron chi connectivity index (χ3n) is 2.66. The van der Waals surface area contributed by atoms with Crippen LogP contribution in [-0.4, -0.2) is 29.6 Å². The number of rotatable bonds is 1. The summed E-state index contributed by atoms with van der Waals surface area (Å²) in [5.41, 5.74) is 0.424. The van der Waals surface area contributed by atoms with Gasteiger partial charge in [-0.1, -0.05) is 13.5 Å². The van der Waals surface area contributed by atoms with E-state index in [9.17, 15) is 9.90 Å². The summed E-state index contributed by atoms with van der Waals surface area (Å²) >= 11 is 0. The summed E-state index contributed by atoms with van der Waals surface area (Å²) in [6.45, 7) is 5.59. The molecule has 4 heteroatoms. The van der Waals surface area contributed by atoms with Crippen LogP contribution in [0.5, 0.6) is 0 Å². The molecule has 2 aliphatic rings. The maximum Gasteiger partial charge on any atom is 0.334 e. The Balaban J connectivity index is 2.26. The maximum absolute atomic E-state index is 11.1. The summed E-state index contributed by atoms with van der Waals surface area (Å²) in [5.74, 6) is -0.566. The third-order valence-corrected chi connectivity index (χ3v) is 2.66. The van der Waals surface area contributed by atoms with Crippen molar-refractivity contribution in [3.8, 4) is 0 Å². The highest BCUT2D eigenvalue weighted by Gasteiger charge is 2.53. The first-order valence-electron chi connectivity index (χ1n) is 4.38. The lowest BCUT2D eigenvalue weighted by molar-refractivity contribution is -0.162. The van der Waals surface area contributed by atoms with Gasteiger partial charge < -0.3 is 14.6 Å². The van der Waals surface area contributed by atoms with Crippen LogP contribution in [0.1, 0.15) is 13.3 Å². The van der Waals surface area contributed by atoms with Crippen LogP contribution >= 0.6 is 0 Å². The minimum Gasteiger partial charge on any atom is -0.453 e. The van der Waals surface area contributed by atoms with E-state index in [4.69, 9.17) is 9.47 Å². The minimum absolute atomic E-state index is 0.140. The molecule has 1 unspecified atom stereocenters. The van der Waals surface area contributed by atoms with Gasteiger partial charge in [0.1, 0.15) is 0 Å². The largest absolute Gasteiger partial charge is 0.453 e. The van der Waals surface area contributed by atoms with Crippen LogP contribution in [0.4, 0.5) is 0 Å². The number of fused-ring (bicyclic) bond motifs is 1. The molecule has 2 fully saturated rings. The average Bonchev–Trinajstić information content (AvgIpc) is 2.55. The Kier molecular flexibility index (Phi) is 1.89. The van der Waals surface area contributed by atoms with Gasteiger partial charge in [0.25, 0.3) is 0 Å². The van der Waals surface area contributed by atoms with E-state index < -0.39 is 18.4 Å². The zero-order chi connectivity index (χ0) is 9.59. The Morgan fingerprint density at radius 1 is 1.62 bits per heavy atom. The number of ether oxygens (including phenoxy) is 2. The van der Waals surface area contributed by atoms with Crippen molar-refractivity contribution in [1.29, 1.82) is 0 Å². The molecule has 1 N–H and O–H groups in total. The highest BCUT2D eigenvalue weighted by molar-refractivity contribution is 5.91. The molecule has 2 aliphatic heterocycles. The van der Waals surface area contributed by atoms with Gasteiger partial charge in [0, 0.05) is 5.57 Å². The van der Waals surface area contributed by atoms with E-state index in [2.05, 4.69) is 6.58 Å². The average molecular weight is 184 g/mol. The Labute approximate surface area is 76.1 Å². The normalized spacial score (nSPS) is 43.5. The summed E-state index contributed by atoms with van der Waals surface area (Å²) in [7, 11) is 0. The number of carbonyl (C=O) groups is 1. The molecule has 0 saturated carbocycles. The Hall–Kier alpha value is -0.870. The lowest BCUT2D eigenvalue weighted by Crippen LogP contribution is -2.24. The maximum atomic E-state index is 11.1. The van der Waals surface area contributed by atoms with E-state index >= 15 is 0 Å². The second-order valence-electron chi connectivity index (χ2n) is 3.39. The first-order valence-corrected chi connectivity index (χ1v) is 4.38. The van der Waals surface area contributed by atoms with Crippen molar-refractivity contribution in [2.24, 2.45) is 5.92 Å². The van der Waals surface area contributed by atoms with E-state index in [0.717, 1.165) is 6.42 Å². The molecule has 4 atom stereocenters. The molecule has 0 aromatic heterocycles. The lowest BCUT2D eigenvalue weighted by Gasteiger charge is -2.11. The van der Waals surface area contributed by atoms with Gasteiger partial charge in [-0.3, -0.25) is 0 Å². The van der Waals surface area contributed by atoms with Gasteiger partial charge in [-0.25, -0.2) is 4.79 Å². The molecule has 2 heterocycles. The standard InChI is InChI=1S/C9H12O4/c1-3-5-6-4(2)8(10)13-7(6)9(11)12-5/h5-7,9,11H,2-3H2,1H3/t5-,6-,7-,9?/m1/s1. The highest BCUT2D eigenvalue weighted by atomic mass is 16.7. The van der Waals surface area contributed by atoms with E-state index in [0.29, 0.717) is 5.57 Å². The molecule has 0 aliphatic carbocycles. The van der Waals surface area contributed by atoms with Crippen LogP contribution in [0.15, 0.2) is 12.2 Å². The van der Waals surface area contributed by atoms with Crippen molar-refractivity contribution >= 4 is 5.97 Å². The summed E-state index contributed by atoms with van der Waals surface area (Å²) in [5, 5.41) is 9.40. The van der Waals surface area contributed by atoms with Gasteiger partial charge in [0.15, 0.2) is 12.4 Å². The van der Waals surface area contributed by atoms with Crippen LogP contribution in [0.3, 0.4) is 0 Å². The van der Waals surface area contributed by atoms with Crippen LogP contribution in [0.25, 0.3) is 0 Å². The van der Waals surface area contributed by atoms with Crippen molar-refractivity contribution in [2.45, 2.75) is 31.8 Å². The van der Waals surface area contributed by atoms with Crippen molar-refractivity contribution < 1.29 is 19.4 Å². The van der Waals surface area contributed by atoms with E-state index in [-0.39, 0.29) is 12.0 Å². The smallest absolute Gasteiger partial charge is 0.334 e. The van der Waals surface area contributed by atoms with Gasteiger partial charge in [-0.05, 0) is 6.42 Å². The van der Waals surface area contributed by atoms with Crippen molar-refractivity contribution in [1.82, 2.24) is 0 Å². The van der Waals surface area contributed by atoms with Gasteiger partial charge in [0.05, 0.1) is 12.0 Å². The second-order valence-corrected chi connectivity index (χ2v) is 3.39. The molecule has 72 valence electrons.